The van der Waals surface area contributed by atoms with Gasteiger partial charge in [-0.15, -0.1) is 5.10 Å². The first-order chi connectivity index (χ1) is 13.4. The quantitative estimate of drug-likeness (QED) is 0.751. The molecule has 0 radical (unpaired) electrons. The molecule has 154 valence electrons. The van der Waals surface area contributed by atoms with Crippen molar-refractivity contribution in [3.8, 4) is 0 Å². The van der Waals surface area contributed by atoms with Crippen molar-refractivity contribution >= 4 is 5.91 Å². The van der Waals surface area contributed by atoms with Crippen LogP contribution in [0.25, 0.3) is 0 Å². The van der Waals surface area contributed by atoms with E-state index in [4.69, 9.17) is 4.42 Å². The van der Waals surface area contributed by atoms with Crippen molar-refractivity contribution in [2.45, 2.75) is 58.9 Å². The number of likely N-dealkylation sites (tertiary alicyclic amines) is 1. The van der Waals surface area contributed by atoms with Gasteiger partial charge in [-0.25, -0.2) is 4.68 Å². The second-order valence-corrected chi connectivity index (χ2v) is 8.40. The van der Waals surface area contributed by atoms with Crippen molar-refractivity contribution in [2.24, 2.45) is 5.92 Å². The van der Waals surface area contributed by atoms with E-state index in [-0.39, 0.29) is 5.91 Å². The van der Waals surface area contributed by atoms with Gasteiger partial charge in [0, 0.05) is 25.6 Å². The first-order valence-corrected chi connectivity index (χ1v) is 10.4. The third-order valence-electron chi connectivity index (χ3n) is 5.47. The molecule has 1 aliphatic heterocycles. The van der Waals surface area contributed by atoms with Crippen molar-refractivity contribution in [1.82, 2.24) is 25.2 Å². The summed E-state index contributed by atoms with van der Waals surface area (Å²) in [6, 6.07) is 4.44. The molecule has 0 bridgehead atoms. The number of nitrogens with zero attached hydrogens (tertiary/aromatic N) is 4. The molecule has 7 nitrogen and oxygen atoms in total. The molecule has 3 heterocycles. The summed E-state index contributed by atoms with van der Waals surface area (Å²) < 4.78 is 7.61. The summed E-state index contributed by atoms with van der Waals surface area (Å²) in [5, 5.41) is 11.2. The molecule has 0 spiro atoms. The summed E-state index contributed by atoms with van der Waals surface area (Å²) >= 11 is 0. The fourth-order valence-electron chi connectivity index (χ4n) is 3.59. The lowest BCUT2D eigenvalue weighted by atomic mass is 10.0. The fraction of sp³-hybridized carbons (Fsp3) is 0.667. The fourth-order valence-corrected chi connectivity index (χ4v) is 3.59. The molecular weight excluding hydrogens is 354 g/mol. The number of amides is 1. The highest BCUT2D eigenvalue weighted by atomic mass is 16.3. The highest BCUT2D eigenvalue weighted by Crippen LogP contribution is 2.25. The predicted octanol–water partition coefficient (Wildman–Crippen LogP) is 3.40. The molecule has 1 saturated heterocycles. The lowest BCUT2D eigenvalue weighted by Crippen LogP contribution is -2.35. The van der Waals surface area contributed by atoms with E-state index in [2.05, 4.69) is 47.4 Å². The molecule has 0 saturated carbocycles. The van der Waals surface area contributed by atoms with Crippen LogP contribution in [0.15, 0.2) is 22.7 Å². The summed E-state index contributed by atoms with van der Waals surface area (Å²) in [5.74, 6) is 2.78. The van der Waals surface area contributed by atoms with Crippen molar-refractivity contribution in [2.75, 3.05) is 26.2 Å². The number of nitrogens with one attached hydrogen (secondary N) is 1. The Morgan fingerprint density at radius 2 is 2.04 bits per heavy atom. The SMILES string of the molecule is Cc1ccc([C@H](C)CCN2CCC(n3cc(C(=O)NCC(C)C)nn3)CC2)o1. The molecule has 1 N–H and O–H groups in total. The summed E-state index contributed by atoms with van der Waals surface area (Å²) in [6.45, 7) is 12.2. The Hall–Kier alpha value is -2.15. The molecule has 7 heteroatoms. The molecule has 1 amide bonds. The predicted molar refractivity (Wildman–Crippen MR) is 108 cm³/mol. The van der Waals surface area contributed by atoms with Gasteiger partial charge in [-0.2, -0.15) is 0 Å². The van der Waals surface area contributed by atoms with Crippen LogP contribution in [0.3, 0.4) is 0 Å². The first kappa shape index (κ1) is 20.6. The summed E-state index contributed by atoms with van der Waals surface area (Å²) in [5.41, 5.74) is 0.408. The lowest BCUT2D eigenvalue weighted by molar-refractivity contribution is 0.0944. The maximum absolute atomic E-state index is 12.1. The van der Waals surface area contributed by atoms with Crippen LogP contribution in [0, 0.1) is 12.8 Å². The lowest BCUT2D eigenvalue weighted by Gasteiger charge is -2.32. The molecule has 0 aliphatic carbocycles. The van der Waals surface area contributed by atoms with Crippen LogP contribution in [0.5, 0.6) is 0 Å². The highest BCUT2D eigenvalue weighted by molar-refractivity contribution is 5.91. The Kier molecular flexibility index (Phi) is 6.88. The van der Waals surface area contributed by atoms with Crippen LogP contribution in [-0.2, 0) is 0 Å². The molecule has 1 atom stereocenters. The van der Waals surface area contributed by atoms with E-state index in [0.29, 0.717) is 30.1 Å². The summed E-state index contributed by atoms with van der Waals surface area (Å²) in [6.07, 6.45) is 4.95. The monoisotopic (exact) mass is 387 g/mol. The number of hydrogen-bond donors (Lipinski definition) is 1. The zero-order valence-electron chi connectivity index (χ0n) is 17.5. The van der Waals surface area contributed by atoms with Gasteiger partial charge in [0.05, 0.1) is 12.2 Å². The van der Waals surface area contributed by atoms with Crippen molar-refractivity contribution < 1.29 is 9.21 Å². The smallest absolute Gasteiger partial charge is 0.273 e. The molecule has 3 rings (SSSR count). The topological polar surface area (TPSA) is 76.2 Å². The van der Waals surface area contributed by atoms with Crippen LogP contribution >= 0.6 is 0 Å². The minimum absolute atomic E-state index is 0.139. The standard InChI is InChI=1S/C21H33N5O2/c1-15(2)13-22-21(27)19-14-26(24-23-19)18-8-11-25(12-9-18)10-7-16(3)20-6-5-17(4)28-20/h5-6,14-16,18H,7-13H2,1-4H3,(H,22,27)/t16-/m1/s1. The number of piperidine rings is 1. The second-order valence-electron chi connectivity index (χ2n) is 8.40. The molecule has 1 aliphatic rings. The number of hydrogen-bond acceptors (Lipinski definition) is 5. The minimum atomic E-state index is -0.139. The molecular formula is C21H33N5O2. The van der Waals surface area contributed by atoms with Crippen LogP contribution in [0.1, 0.15) is 74.0 Å². The van der Waals surface area contributed by atoms with Gasteiger partial charge in [0.25, 0.3) is 5.91 Å². The highest BCUT2D eigenvalue weighted by Gasteiger charge is 2.23. The maximum atomic E-state index is 12.1. The molecule has 1 fully saturated rings. The van der Waals surface area contributed by atoms with E-state index in [0.717, 1.165) is 50.4 Å². The minimum Gasteiger partial charge on any atom is -0.466 e. The van der Waals surface area contributed by atoms with E-state index in [1.165, 1.54) is 0 Å². The molecule has 0 aromatic carbocycles. The van der Waals surface area contributed by atoms with Gasteiger partial charge in [0.1, 0.15) is 11.5 Å². The Morgan fingerprint density at radius 3 is 2.68 bits per heavy atom. The third kappa shape index (κ3) is 5.44. The Labute approximate surface area is 167 Å². The van der Waals surface area contributed by atoms with Gasteiger partial charge < -0.3 is 14.6 Å². The average molecular weight is 388 g/mol. The molecule has 0 unspecified atom stereocenters. The van der Waals surface area contributed by atoms with Crippen LogP contribution in [0.4, 0.5) is 0 Å². The van der Waals surface area contributed by atoms with E-state index in [9.17, 15) is 4.79 Å². The molecule has 2 aromatic heterocycles. The van der Waals surface area contributed by atoms with Gasteiger partial charge in [-0.1, -0.05) is 26.0 Å². The van der Waals surface area contributed by atoms with Crippen LogP contribution in [0.2, 0.25) is 0 Å². The second kappa shape index (κ2) is 9.37. The molecule has 28 heavy (non-hydrogen) atoms. The number of furan rings is 1. The van der Waals surface area contributed by atoms with Crippen molar-refractivity contribution in [3.05, 3.63) is 35.5 Å². The van der Waals surface area contributed by atoms with Gasteiger partial charge in [0.2, 0.25) is 0 Å². The summed E-state index contributed by atoms with van der Waals surface area (Å²) in [7, 11) is 0. The zero-order valence-corrected chi connectivity index (χ0v) is 17.5. The van der Waals surface area contributed by atoms with Gasteiger partial charge in [-0.3, -0.25) is 4.79 Å². The van der Waals surface area contributed by atoms with E-state index < -0.39 is 0 Å². The van der Waals surface area contributed by atoms with E-state index in [1.54, 1.807) is 6.20 Å². The number of rotatable bonds is 8. The maximum Gasteiger partial charge on any atom is 0.273 e. The Bertz CT molecular complexity index is 758. The van der Waals surface area contributed by atoms with Gasteiger partial charge >= 0.3 is 0 Å². The molecule has 2 aromatic rings. The normalized spacial score (nSPS) is 17.2. The van der Waals surface area contributed by atoms with Crippen molar-refractivity contribution in [1.29, 1.82) is 0 Å². The van der Waals surface area contributed by atoms with E-state index in [1.807, 2.05) is 17.7 Å². The number of aromatic nitrogens is 3. The third-order valence-corrected chi connectivity index (χ3v) is 5.47. The first-order valence-electron chi connectivity index (χ1n) is 10.4. The number of carbonyl (C=O) groups is 1. The van der Waals surface area contributed by atoms with Gasteiger partial charge in [-0.05, 0) is 50.8 Å². The van der Waals surface area contributed by atoms with E-state index >= 15 is 0 Å². The van der Waals surface area contributed by atoms with Crippen LogP contribution in [-0.4, -0.2) is 52.0 Å². The number of carbonyl (C=O) groups excluding carboxylic acids is 1. The Morgan fingerprint density at radius 1 is 1.29 bits per heavy atom. The largest absolute Gasteiger partial charge is 0.466 e. The van der Waals surface area contributed by atoms with Crippen molar-refractivity contribution in [3.63, 3.8) is 0 Å². The average Bonchev–Trinajstić information content (AvgIpc) is 3.34. The van der Waals surface area contributed by atoms with Gasteiger partial charge in [0.15, 0.2) is 5.69 Å². The van der Waals surface area contributed by atoms with Crippen LogP contribution < -0.4 is 5.32 Å². The zero-order chi connectivity index (χ0) is 20.1. The summed E-state index contributed by atoms with van der Waals surface area (Å²) in [4.78, 5) is 14.6. The number of aryl methyl sites for hydroxylation is 1. The Balaban J connectivity index is 1.43.